The first-order valence-electron chi connectivity index (χ1n) is 19.6. The summed E-state index contributed by atoms with van der Waals surface area (Å²) < 4.78 is 18.8. The predicted octanol–water partition coefficient (Wildman–Crippen LogP) is 5.60. The van der Waals surface area contributed by atoms with Crippen LogP contribution in [0.2, 0.25) is 0 Å². The molecule has 0 aliphatic carbocycles. The lowest BCUT2D eigenvalue weighted by Gasteiger charge is -2.42. The molecule has 0 unspecified atom stereocenters. The van der Waals surface area contributed by atoms with E-state index in [1.165, 1.54) is 5.01 Å². The second-order valence-corrected chi connectivity index (χ2v) is 14.4. The van der Waals surface area contributed by atoms with E-state index < -0.39 is 42.9 Å². The molecule has 12 nitrogen and oxygen atoms in total. The van der Waals surface area contributed by atoms with E-state index in [0.717, 1.165) is 65.0 Å². The second kappa shape index (κ2) is 15.4. The Bertz CT molecular complexity index is 2260. The summed E-state index contributed by atoms with van der Waals surface area (Å²) in [6.07, 6.45) is -5.82. The van der Waals surface area contributed by atoms with Crippen molar-refractivity contribution >= 4 is 34.3 Å². The average molecular weight is 773 g/mol. The van der Waals surface area contributed by atoms with Crippen LogP contribution in [0.25, 0.3) is 10.8 Å². The number of nitrogens with zero attached hydrogens (tertiary/aromatic N) is 4. The Morgan fingerprint density at radius 3 is 2.00 bits per heavy atom. The normalized spacial score (nSPS) is 22.0. The van der Waals surface area contributed by atoms with Crippen molar-refractivity contribution < 1.29 is 39.4 Å². The Hall–Kier alpha value is -5.50. The van der Waals surface area contributed by atoms with E-state index in [2.05, 4.69) is 49.6 Å². The minimum atomic E-state index is -1.63. The molecule has 1 spiro atoms. The summed E-state index contributed by atoms with van der Waals surface area (Å²) in [4.78, 5) is 19.4. The van der Waals surface area contributed by atoms with Crippen LogP contribution in [0.5, 0.6) is 17.2 Å². The highest BCUT2D eigenvalue weighted by Crippen LogP contribution is 2.58. The molecule has 296 valence electrons. The average Bonchev–Trinajstić information content (AvgIpc) is 3.48. The maximum atomic E-state index is 14.9. The van der Waals surface area contributed by atoms with Crippen LogP contribution in [0.4, 0.5) is 11.4 Å². The number of benzene rings is 5. The molecule has 5 atom stereocenters. The summed E-state index contributed by atoms with van der Waals surface area (Å²) in [7, 11) is 0. The number of hydrogen-bond donors (Lipinski definition) is 4. The number of carbonyl (C=O) groups is 1. The molecule has 0 radical (unpaired) electrons. The zero-order valence-electron chi connectivity index (χ0n) is 32.4. The molecule has 8 rings (SSSR count). The number of ether oxygens (including phenoxy) is 3. The Labute approximate surface area is 331 Å². The van der Waals surface area contributed by atoms with Crippen LogP contribution in [0.3, 0.4) is 0 Å². The van der Waals surface area contributed by atoms with Gasteiger partial charge in [-0.05, 0) is 62.7 Å². The molecule has 1 saturated heterocycles. The molecule has 5 aromatic rings. The van der Waals surface area contributed by atoms with Gasteiger partial charge in [-0.1, -0.05) is 60.7 Å². The molecule has 5 aromatic carbocycles. The van der Waals surface area contributed by atoms with Gasteiger partial charge < -0.3 is 44.4 Å². The van der Waals surface area contributed by atoms with Gasteiger partial charge in [0.15, 0.2) is 0 Å². The van der Waals surface area contributed by atoms with Crippen LogP contribution in [0.1, 0.15) is 60.3 Å². The van der Waals surface area contributed by atoms with E-state index in [1.807, 2.05) is 78.9 Å². The summed E-state index contributed by atoms with van der Waals surface area (Å²) in [5.41, 5.74) is 4.01. The van der Waals surface area contributed by atoms with Gasteiger partial charge in [0, 0.05) is 77.5 Å². The van der Waals surface area contributed by atoms with Crippen LogP contribution >= 0.6 is 0 Å². The van der Waals surface area contributed by atoms with Gasteiger partial charge in [0.2, 0.25) is 6.29 Å². The number of aliphatic hydroxyl groups excluding tert-OH is 4. The third kappa shape index (κ3) is 6.19. The minimum Gasteiger partial charge on any atom is -0.461 e. The Morgan fingerprint density at radius 1 is 0.754 bits per heavy atom. The van der Waals surface area contributed by atoms with Crippen molar-refractivity contribution in [2.24, 2.45) is 5.10 Å². The number of amides is 1. The van der Waals surface area contributed by atoms with E-state index >= 15 is 0 Å². The van der Waals surface area contributed by atoms with Crippen molar-refractivity contribution in [1.29, 1.82) is 0 Å². The van der Waals surface area contributed by atoms with Gasteiger partial charge in [-0.2, -0.15) is 5.10 Å². The zero-order chi connectivity index (χ0) is 40.0. The molecule has 1 amide bonds. The molecule has 0 aromatic heterocycles. The van der Waals surface area contributed by atoms with E-state index in [9.17, 15) is 25.2 Å². The number of fused-ring (bicyclic) bond motifs is 7. The van der Waals surface area contributed by atoms with Gasteiger partial charge in [0.1, 0.15) is 47.2 Å². The Morgan fingerprint density at radius 2 is 1.37 bits per heavy atom. The zero-order valence-corrected chi connectivity index (χ0v) is 32.4. The van der Waals surface area contributed by atoms with Crippen LogP contribution in [0, 0.1) is 0 Å². The van der Waals surface area contributed by atoms with Gasteiger partial charge in [-0.3, -0.25) is 4.79 Å². The molecule has 4 N–H and O–H groups in total. The third-order valence-corrected chi connectivity index (χ3v) is 11.6. The molecular weight excluding hydrogens is 725 g/mol. The van der Waals surface area contributed by atoms with Crippen molar-refractivity contribution in [1.82, 2.24) is 5.01 Å². The summed E-state index contributed by atoms with van der Waals surface area (Å²) in [6, 6.07) is 31.0. The highest BCUT2D eigenvalue weighted by Gasteiger charge is 2.57. The van der Waals surface area contributed by atoms with Gasteiger partial charge >= 0.3 is 0 Å². The summed E-state index contributed by atoms with van der Waals surface area (Å²) in [5, 5.41) is 49.9. The molecule has 3 aliphatic heterocycles. The summed E-state index contributed by atoms with van der Waals surface area (Å²) >= 11 is 0. The quantitative estimate of drug-likeness (QED) is 0.125. The van der Waals surface area contributed by atoms with Crippen molar-refractivity contribution in [3.63, 3.8) is 0 Å². The van der Waals surface area contributed by atoms with Crippen molar-refractivity contribution in [3.05, 3.63) is 125 Å². The van der Waals surface area contributed by atoms with Crippen LogP contribution in [-0.2, 0) is 10.3 Å². The lowest BCUT2D eigenvalue weighted by molar-refractivity contribution is -0.277. The first kappa shape index (κ1) is 38.4. The maximum absolute atomic E-state index is 14.9. The van der Waals surface area contributed by atoms with Gasteiger partial charge in [0.25, 0.3) is 5.91 Å². The number of rotatable bonds is 11. The summed E-state index contributed by atoms with van der Waals surface area (Å²) in [6.45, 7) is 11.1. The molecule has 12 heteroatoms. The van der Waals surface area contributed by atoms with Crippen molar-refractivity contribution in [2.75, 3.05) is 42.6 Å². The molecule has 3 aliphatic rings. The highest BCUT2D eigenvalue weighted by molar-refractivity contribution is 6.05. The highest BCUT2D eigenvalue weighted by atomic mass is 16.7. The molecule has 0 bridgehead atoms. The molecular formula is C45H48N4O8. The number of anilines is 2. The monoisotopic (exact) mass is 772 g/mol. The molecule has 1 fully saturated rings. The van der Waals surface area contributed by atoms with Crippen molar-refractivity contribution in [3.8, 4) is 17.2 Å². The minimum absolute atomic E-state index is 0.237. The SMILES string of the molecule is CCN(CC)c1ccc2c(c1)Oc1cc(N(CC)CC)ccc1C21c2ccccc2C(=O)N1/N=C/c1c(O[C@@H]2O[C@H](CO)[C@@H](O)[C@H](O)[C@H]2O)ccc2ccccc12. The van der Waals surface area contributed by atoms with Gasteiger partial charge in [0.05, 0.1) is 12.8 Å². The lowest BCUT2D eigenvalue weighted by atomic mass is 9.75. The fourth-order valence-electron chi connectivity index (χ4n) is 8.56. The number of hydrogen-bond acceptors (Lipinski definition) is 11. The van der Waals surface area contributed by atoms with Crippen LogP contribution in [0.15, 0.2) is 102 Å². The second-order valence-electron chi connectivity index (χ2n) is 14.4. The Balaban J connectivity index is 1.33. The number of carbonyl (C=O) groups excluding carboxylic acids is 1. The van der Waals surface area contributed by atoms with Gasteiger partial charge in [-0.15, -0.1) is 0 Å². The maximum Gasteiger partial charge on any atom is 0.275 e. The number of aliphatic hydroxyl groups is 4. The molecule has 57 heavy (non-hydrogen) atoms. The first-order chi connectivity index (χ1) is 27.7. The molecule has 0 saturated carbocycles. The third-order valence-electron chi connectivity index (χ3n) is 11.6. The smallest absolute Gasteiger partial charge is 0.275 e. The lowest BCUT2D eigenvalue weighted by Crippen LogP contribution is -2.60. The summed E-state index contributed by atoms with van der Waals surface area (Å²) in [5.74, 6) is 1.16. The standard InChI is InChI=1S/C45H48N4O8/c1-5-47(6-2)28-18-20-34-37(23-28)55-38-24-29(48(7-3)8-4)19-21-35(38)45(34)33-16-12-11-15-31(33)43(54)49(45)46-25-32-30-14-10-9-13-27(30)17-22-36(32)56-44-42(53)41(52)40(51)39(26-50)57-44/h9-25,39-42,44,50-53H,5-8,26H2,1-4H3/b46-25+/t39-,40-,41+,42-,44-/m1/s1. The first-order valence-corrected chi connectivity index (χ1v) is 19.6. The number of hydrazone groups is 1. The fraction of sp³-hybridized carbons (Fsp3) is 0.333. The van der Waals surface area contributed by atoms with Gasteiger partial charge in [-0.25, -0.2) is 5.01 Å². The largest absolute Gasteiger partial charge is 0.461 e. The Kier molecular flexibility index (Phi) is 10.4. The molecule has 3 heterocycles. The van der Waals surface area contributed by atoms with Crippen molar-refractivity contribution in [2.45, 2.75) is 63.9 Å². The van der Waals surface area contributed by atoms with E-state index in [0.29, 0.717) is 22.6 Å². The van der Waals surface area contributed by atoms with E-state index in [4.69, 9.17) is 19.3 Å². The van der Waals surface area contributed by atoms with Crippen LogP contribution in [-0.4, -0.2) is 101 Å². The van der Waals surface area contributed by atoms with E-state index in [-0.39, 0.29) is 11.7 Å². The predicted molar refractivity (Wildman–Crippen MR) is 219 cm³/mol. The fourth-order valence-corrected chi connectivity index (χ4v) is 8.56. The van der Waals surface area contributed by atoms with E-state index in [1.54, 1.807) is 12.3 Å². The topological polar surface area (TPSA) is 148 Å². The van der Waals surface area contributed by atoms with Crippen LogP contribution < -0.4 is 19.3 Å².